The zero-order valence-electron chi connectivity index (χ0n) is 43.3. The smallest absolute Gasteiger partial charge is 0.333 e. The quantitative estimate of drug-likeness (QED) is 0.161. The SMILES string of the molecule is CC(C)(C)c1ccc(N2B3c4cc5c(cc4N(c4ccc6c(c4)C(C)(C)CCC6(C)C)c4cc6c(c(c43)-c3cc4c(cc32)oc2ccccc24)C(C)(C)c2ccccc2-6)C(C)(C)CCC5(C)C)cc1. The number of rotatable bonds is 2. The fraction of sp³-hybridized carbons (Fsp3) is 0.354. The summed E-state index contributed by atoms with van der Waals surface area (Å²) < 4.78 is 6.86. The normalized spacial score (nSPS) is 19.3. The van der Waals surface area contributed by atoms with Crippen LogP contribution < -0.4 is 20.6 Å². The van der Waals surface area contributed by atoms with E-state index in [1.165, 1.54) is 113 Å². The first-order chi connectivity index (χ1) is 32.6. The first kappa shape index (κ1) is 43.1. The first-order valence-corrected chi connectivity index (χ1v) is 25.9. The highest BCUT2D eigenvalue weighted by Gasteiger charge is 2.52. The Kier molecular flexibility index (Phi) is 8.52. The van der Waals surface area contributed by atoms with E-state index in [-0.39, 0.29) is 39.3 Å². The van der Waals surface area contributed by atoms with Crippen LogP contribution in [0.25, 0.3) is 44.2 Å². The minimum atomic E-state index is -0.254. The van der Waals surface area contributed by atoms with Gasteiger partial charge in [0.1, 0.15) is 11.2 Å². The van der Waals surface area contributed by atoms with Gasteiger partial charge in [0.05, 0.1) is 0 Å². The monoisotopic (exact) mass is 903 g/mol. The Morgan fingerprint density at radius 3 is 1.78 bits per heavy atom. The Morgan fingerprint density at radius 2 is 1.09 bits per heavy atom. The van der Waals surface area contributed by atoms with Crippen LogP contribution in [0.15, 0.2) is 126 Å². The Hall–Kier alpha value is -6.00. The topological polar surface area (TPSA) is 19.6 Å². The number of hydrogen-bond donors (Lipinski definition) is 0. The summed E-state index contributed by atoms with van der Waals surface area (Å²) in [5, 5.41) is 2.32. The summed E-state index contributed by atoms with van der Waals surface area (Å²) in [5.74, 6) is 0. The predicted octanol–water partition coefficient (Wildman–Crippen LogP) is 16.6. The number of benzene rings is 7. The maximum Gasteiger partial charge on any atom is 0.333 e. The summed E-state index contributed by atoms with van der Waals surface area (Å²) in [4.78, 5) is 5.44. The van der Waals surface area contributed by atoms with Gasteiger partial charge in [0.2, 0.25) is 0 Å². The van der Waals surface area contributed by atoms with Crippen molar-refractivity contribution in [2.75, 3.05) is 9.71 Å². The Balaban J connectivity index is 1.22. The van der Waals surface area contributed by atoms with Crippen LogP contribution in [0, 0.1) is 0 Å². The van der Waals surface area contributed by atoms with Crippen LogP contribution in [0.5, 0.6) is 0 Å². The molecule has 0 atom stereocenters. The molecular formula is C65H67BN2O. The van der Waals surface area contributed by atoms with E-state index < -0.39 is 0 Å². The fourth-order valence-corrected chi connectivity index (χ4v) is 14.0. The van der Waals surface area contributed by atoms with Gasteiger partial charge in [-0.2, -0.15) is 0 Å². The standard InChI is InChI=1S/C65H67BN2O/c1-60(2,3)38-22-24-39(25-23-38)68-52-37-56-43(42-19-15-17-21-55(42)69-56)33-45(52)57-58-44(41-18-14-16-20-46(41)65(58,12)13)34-54-59(57)66(68)51-35-49-50(64(10,11)31-30-63(49,8)9)36-53(51)67(54)40-26-27-47-48(32-40)62(6,7)29-28-61(47,4)5/h14-27,32-37H,28-31H2,1-13H3. The maximum absolute atomic E-state index is 6.86. The molecule has 0 fully saturated rings. The summed E-state index contributed by atoms with van der Waals surface area (Å²) in [6.07, 6.45) is 4.67. The van der Waals surface area contributed by atoms with Crippen LogP contribution in [0.2, 0.25) is 0 Å². The lowest BCUT2D eigenvalue weighted by Gasteiger charge is -2.49. The van der Waals surface area contributed by atoms with Crippen molar-refractivity contribution < 1.29 is 4.42 Å². The Labute approximate surface area is 411 Å². The van der Waals surface area contributed by atoms with Crippen molar-refractivity contribution in [3.8, 4) is 22.3 Å². The van der Waals surface area contributed by atoms with Crippen LogP contribution in [0.1, 0.15) is 155 Å². The van der Waals surface area contributed by atoms with Crippen LogP contribution in [-0.2, 0) is 32.5 Å². The lowest BCUT2D eigenvalue weighted by molar-refractivity contribution is 0.332. The molecule has 0 saturated carbocycles. The molecule has 0 bridgehead atoms. The summed E-state index contributed by atoms with van der Waals surface area (Å²) in [7, 11) is 0. The average molecular weight is 903 g/mol. The summed E-state index contributed by atoms with van der Waals surface area (Å²) in [6.45, 7) is 31.6. The van der Waals surface area contributed by atoms with Gasteiger partial charge in [-0.1, -0.05) is 157 Å². The van der Waals surface area contributed by atoms with E-state index >= 15 is 0 Å². The van der Waals surface area contributed by atoms with Gasteiger partial charge in [0.25, 0.3) is 0 Å². The van der Waals surface area contributed by atoms with E-state index in [1.54, 1.807) is 0 Å². The third-order valence-electron chi connectivity index (χ3n) is 18.3. The van der Waals surface area contributed by atoms with Crippen molar-refractivity contribution in [1.29, 1.82) is 0 Å². The molecule has 0 radical (unpaired) electrons. The second-order valence-corrected chi connectivity index (χ2v) is 25.9. The van der Waals surface area contributed by atoms with E-state index in [9.17, 15) is 0 Å². The van der Waals surface area contributed by atoms with Crippen molar-refractivity contribution in [3.63, 3.8) is 0 Å². The molecule has 7 aromatic carbocycles. The van der Waals surface area contributed by atoms with Gasteiger partial charge in [-0.15, -0.1) is 0 Å². The second-order valence-electron chi connectivity index (χ2n) is 25.9. The molecule has 0 saturated heterocycles. The molecule has 13 rings (SSSR count). The van der Waals surface area contributed by atoms with Gasteiger partial charge < -0.3 is 14.1 Å². The molecule has 0 unspecified atom stereocenters. The van der Waals surface area contributed by atoms with Crippen molar-refractivity contribution in [2.24, 2.45) is 0 Å². The molecule has 2 aliphatic heterocycles. The second kappa shape index (κ2) is 13.7. The summed E-state index contributed by atoms with van der Waals surface area (Å²) >= 11 is 0. The molecule has 346 valence electrons. The van der Waals surface area contributed by atoms with Gasteiger partial charge in [-0.25, -0.2) is 0 Å². The molecule has 3 heterocycles. The third kappa shape index (κ3) is 5.87. The molecule has 0 spiro atoms. The zero-order valence-corrected chi connectivity index (χ0v) is 43.3. The van der Waals surface area contributed by atoms with E-state index in [4.69, 9.17) is 4.42 Å². The fourth-order valence-electron chi connectivity index (χ4n) is 14.0. The molecule has 3 nitrogen and oxygen atoms in total. The maximum atomic E-state index is 6.86. The molecule has 3 aliphatic carbocycles. The molecule has 0 amide bonds. The highest BCUT2D eigenvalue weighted by Crippen LogP contribution is 2.59. The largest absolute Gasteiger partial charge is 0.456 e. The number of hydrogen-bond acceptors (Lipinski definition) is 3. The van der Waals surface area contributed by atoms with Crippen LogP contribution in [0.3, 0.4) is 0 Å². The minimum absolute atomic E-state index is 0.0169. The summed E-state index contributed by atoms with van der Waals surface area (Å²) in [6, 6.07) is 47.8. The molecule has 5 aliphatic rings. The number of furan rings is 1. The highest BCUT2D eigenvalue weighted by atomic mass is 16.3. The molecule has 8 aromatic rings. The Bertz CT molecular complexity index is 3530. The Morgan fingerprint density at radius 1 is 0.478 bits per heavy atom. The molecule has 69 heavy (non-hydrogen) atoms. The van der Waals surface area contributed by atoms with Gasteiger partial charge in [-0.3, -0.25) is 0 Å². The lowest BCUT2D eigenvalue weighted by atomic mass is 9.42. The van der Waals surface area contributed by atoms with E-state index in [1.807, 2.05) is 0 Å². The van der Waals surface area contributed by atoms with E-state index in [0.717, 1.165) is 34.8 Å². The lowest BCUT2D eigenvalue weighted by Crippen LogP contribution is -2.62. The van der Waals surface area contributed by atoms with Crippen molar-refractivity contribution in [1.82, 2.24) is 0 Å². The van der Waals surface area contributed by atoms with Crippen LogP contribution in [0.4, 0.5) is 28.4 Å². The zero-order chi connectivity index (χ0) is 48.1. The minimum Gasteiger partial charge on any atom is -0.456 e. The van der Waals surface area contributed by atoms with Crippen molar-refractivity contribution >= 4 is 68.1 Å². The number of anilines is 5. The number of fused-ring (bicyclic) bond motifs is 13. The van der Waals surface area contributed by atoms with Gasteiger partial charge in [0.15, 0.2) is 0 Å². The van der Waals surface area contributed by atoms with Crippen molar-refractivity contribution in [3.05, 3.63) is 160 Å². The molecule has 0 N–H and O–H groups in total. The highest BCUT2D eigenvalue weighted by molar-refractivity contribution is 6.93. The van der Waals surface area contributed by atoms with Crippen LogP contribution >= 0.6 is 0 Å². The van der Waals surface area contributed by atoms with E-state index in [0.29, 0.717) is 0 Å². The number of para-hydroxylation sites is 1. The first-order valence-electron chi connectivity index (χ1n) is 25.9. The van der Waals surface area contributed by atoms with Gasteiger partial charge in [-0.05, 0) is 168 Å². The number of nitrogens with zero attached hydrogens (tertiary/aromatic N) is 2. The molecule has 1 aromatic heterocycles. The van der Waals surface area contributed by atoms with Gasteiger partial charge in [0, 0.05) is 56.3 Å². The van der Waals surface area contributed by atoms with Crippen molar-refractivity contribution in [2.45, 2.75) is 148 Å². The average Bonchev–Trinajstić information content (AvgIpc) is 3.78. The van der Waals surface area contributed by atoms with E-state index in [2.05, 4.69) is 221 Å². The predicted molar refractivity (Wildman–Crippen MR) is 294 cm³/mol. The molecular weight excluding hydrogens is 836 g/mol. The third-order valence-corrected chi connectivity index (χ3v) is 18.3. The van der Waals surface area contributed by atoms with Gasteiger partial charge >= 0.3 is 6.85 Å². The van der Waals surface area contributed by atoms with Crippen LogP contribution in [-0.4, -0.2) is 6.85 Å². The summed E-state index contributed by atoms with van der Waals surface area (Å²) in [5.41, 5.74) is 26.3. The molecule has 4 heteroatoms.